The summed E-state index contributed by atoms with van der Waals surface area (Å²) >= 11 is 0. The summed E-state index contributed by atoms with van der Waals surface area (Å²) in [5.74, 6) is 2.34. The van der Waals surface area contributed by atoms with Gasteiger partial charge in [0, 0.05) is 23.9 Å². The predicted molar refractivity (Wildman–Crippen MR) is 84.5 cm³/mol. The molecule has 2 rings (SSSR count). The summed E-state index contributed by atoms with van der Waals surface area (Å²) in [5.41, 5.74) is 2.09. The zero-order chi connectivity index (χ0) is 15.1. The molecule has 4 heteroatoms. The maximum atomic E-state index is 5.62. The summed E-state index contributed by atoms with van der Waals surface area (Å²) < 4.78 is 16.2. The normalized spacial score (nSPS) is 10.0. The Morgan fingerprint density at radius 2 is 1.67 bits per heavy atom. The van der Waals surface area contributed by atoms with E-state index in [1.807, 2.05) is 43.3 Å². The zero-order valence-corrected chi connectivity index (χ0v) is 12.7. The smallest absolute Gasteiger partial charge is 0.162 e. The van der Waals surface area contributed by atoms with Crippen LogP contribution in [0, 0.1) is 0 Å². The third kappa shape index (κ3) is 3.81. The van der Waals surface area contributed by atoms with E-state index in [9.17, 15) is 0 Å². The molecule has 0 unspecified atom stereocenters. The van der Waals surface area contributed by atoms with Crippen LogP contribution in [0.4, 0.5) is 5.69 Å². The number of methoxy groups -OCH3 is 2. The number of hydrogen-bond acceptors (Lipinski definition) is 4. The van der Waals surface area contributed by atoms with E-state index in [0.29, 0.717) is 18.9 Å². The second-order valence-corrected chi connectivity index (χ2v) is 4.46. The van der Waals surface area contributed by atoms with Gasteiger partial charge in [0.25, 0.3) is 0 Å². The number of anilines is 1. The second kappa shape index (κ2) is 7.43. The van der Waals surface area contributed by atoms with Crippen molar-refractivity contribution in [2.24, 2.45) is 0 Å². The van der Waals surface area contributed by atoms with Crippen LogP contribution >= 0.6 is 0 Å². The molecule has 2 aromatic carbocycles. The Balaban J connectivity index is 2.09. The lowest BCUT2D eigenvalue weighted by Crippen LogP contribution is -2.03. The van der Waals surface area contributed by atoms with Crippen molar-refractivity contribution in [1.29, 1.82) is 0 Å². The molecule has 4 nitrogen and oxygen atoms in total. The molecular formula is C17H21NO3. The van der Waals surface area contributed by atoms with Crippen LogP contribution in [0.5, 0.6) is 17.2 Å². The Kier molecular flexibility index (Phi) is 5.32. The molecular weight excluding hydrogens is 266 g/mol. The molecule has 2 aromatic rings. The Hall–Kier alpha value is -2.36. The molecule has 112 valence electrons. The highest BCUT2D eigenvalue weighted by atomic mass is 16.5. The lowest BCUT2D eigenvalue weighted by molar-refractivity contribution is 0.337. The largest absolute Gasteiger partial charge is 0.494 e. The first-order chi connectivity index (χ1) is 10.3. The van der Waals surface area contributed by atoms with Gasteiger partial charge in [0.05, 0.1) is 20.8 Å². The number of nitrogens with one attached hydrogen (secondary N) is 1. The van der Waals surface area contributed by atoms with Crippen molar-refractivity contribution in [3.63, 3.8) is 0 Å². The lowest BCUT2D eigenvalue weighted by Gasteiger charge is -2.13. The molecule has 0 saturated heterocycles. The Labute approximate surface area is 125 Å². The van der Waals surface area contributed by atoms with Crippen LogP contribution in [-0.4, -0.2) is 20.8 Å². The van der Waals surface area contributed by atoms with Crippen molar-refractivity contribution in [3.05, 3.63) is 48.0 Å². The first-order valence-electron chi connectivity index (χ1n) is 6.95. The Morgan fingerprint density at radius 1 is 0.905 bits per heavy atom. The fraction of sp³-hybridized carbons (Fsp3) is 0.294. The van der Waals surface area contributed by atoms with Crippen LogP contribution in [0.25, 0.3) is 0 Å². The molecule has 0 spiro atoms. The van der Waals surface area contributed by atoms with Crippen LogP contribution < -0.4 is 19.5 Å². The molecule has 0 saturated carbocycles. The van der Waals surface area contributed by atoms with E-state index in [0.717, 1.165) is 22.7 Å². The van der Waals surface area contributed by atoms with E-state index in [4.69, 9.17) is 14.2 Å². The molecule has 0 amide bonds. The van der Waals surface area contributed by atoms with E-state index in [2.05, 4.69) is 11.4 Å². The highest BCUT2D eigenvalue weighted by molar-refractivity contribution is 5.55. The monoisotopic (exact) mass is 287 g/mol. The van der Waals surface area contributed by atoms with Crippen molar-refractivity contribution in [3.8, 4) is 17.2 Å². The second-order valence-electron chi connectivity index (χ2n) is 4.46. The average molecular weight is 287 g/mol. The van der Waals surface area contributed by atoms with Crippen LogP contribution in [0.15, 0.2) is 42.5 Å². The van der Waals surface area contributed by atoms with Gasteiger partial charge in [0.2, 0.25) is 0 Å². The minimum Gasteiger partial charge on any atom is -0.494 e. The van der Waals surface area contributed by atoms with Crippen molar-refractivity contribution in [1.82, 2.24) is 0 Å². The summed E-state index contributed by atoms with van der Waals surface area (Å²) in [7, 11) is 3.26. The topological polar surface area (TPSA) is 39.7 Å². The maximum absolute atomic E-state index is 5.62. The standard InChI is InChI=1S/C17H21NO3/c1-4-21-15-8-6-5-7-13(15)12-18-14-9-10-16(19-2)17(11-14)20-3/h5-11,18H,4,12H2,1-3H3. The molecule has 0 atom stereocenters. The number of rotatable bonds is 7. The van der Waals surface area contributed by atoms with Gasteiger partial charge in [-0.3, -0.25) is 0 Å². The van der Waals surface area contributed by atoms with Gasteiger partial charge in [0.1, 0.15) is 5.75 Å². The molecule has 0 radical (unpaired) electrons. The zero-order valence-electron chi connectivity index (χ0n) is 12.7. The third-order valence-electron chi connectivity index (χ3n) is 3.14. The molecule has 0 aromatic heterocycles. The van der Waals surface area contributed by atoms with Crippen molar-refractivity contribution < 1.29 is 14.2 Å². The lowest BCUT2D eigenvalue weighted by atomic mass is 10.2. The maximum Gasteiger partial charge on any atom is 0.162 e. The van der Waals surface area contributed by atoms with Gasteiger partial charge in [-0.05, 0) is 25.1 Å². The molecule has 21 heavy (non-hydrogen) atoms. The first-order valence-corrected chi connectivity index (χ1v) is 6.95. The molecule has 0 heterocycles. The minimum absolute atomic E-state index is 0.660. The first kappa shape index (κ1) is 15.0. The number of benzene rings is 2. The van der Waals surface area contributed by atoms with Gasteiger partial charge in [-0.25, -0.2) is 0 Å². The molecule has 0 fully saturated rings. The van der Waals surface area contributed by atoms with Crippen LogP contribution in [0.2, 0.25) is 0 Å². The van der Waals surface area contributed by atoms with E-state index < -0.39 is 0 Å². The molecule has 0 aliphatic heterocycles. The van der Waals surface area contributed by atoms with Crippen molar-refractivity contribution in [2.75, 3.05) is 26.1 Å². The third-order valence-corrected chi connectivity index (χ3v) is 3.14. The number of ether oxygens (including phenoxy) is 3. The van der Waals surface area contributed by atoms with Crippen LogP contribution in [-0.2, 0) is 6.54 Å². The summed E-state index contributed by atoms with van der Waals surface area (Å²) in [6, 6.07) is 13.8. The quantitative estimate of drug-likeness (QED) is 0.842. The summed E-state index contributed by atoms with van der Waals surface area (Å²) in [6.45, 7) is 3.33. The minimum atomic E-state index is 0.660. The van der Waals surface area contributed by atoms with Gasteiger partial charge in [-0.1, -0.05) is 18.2 Å². The molecule has 1 N–H and O–H groups in total. The van der Waals surface area contributed by atoms with E-state index in [1.54, 1.807) is 14.2 Å². The number of para-hydroxylation sites is 1. The van der Waals surface area contributed by atoms with Gasteiger partial charge < -0.3 is 19.5 Å². The predicted octanol–water partition coefficient (Wildman–Crippen LogP) is 3.71. The molecule has 0 bridgehead atoms. The Morgan fingerprint density at radius 3 is 2.38 bits per heavy atom. The highest BCUT2D eigenvalue weighted by Crippen LogP contribution is 2.30. The van der Waals surface area contributed by atoms with E-state index in [-0.39, 0.29) is 0 Å². The summed E-state index contributed by atoms with van der Waals surface area (Å²) in [6.07, 6.45) is 0. The summed E-state index contributed by atoms with van der Waals surface area (Å²) in [4.78, 5) is 0. The SMILES string of the molecule is CCOc1ccccc1CNc1ccc(OC)c(OC)c1. The van der Waals surface area contributed by atoms with Crippen molar-refractivity contribution >= 4 is 5.69 Å². The van der Waals surface area contributed by atoms with Crippen LogP contribution in [0.3, 0.4) is 0 Å². The molecule has 0 aliphatic rings. The van der Waals surface area contributed by atoms with Crippen molar-refractivity contribution in [2.45, 2.75) is 13.5 Å². The van der Waals surface area contributed by atoms with E-state index in [1.165, 1.54) is 0 Å². The van der Waals surface area contributed by atoms with Crippen LogP contribution in [0.1, 0.15) is 12.5 Å². The van der Waals surface area contributed by atoms with E-state index >= 15 is 0 Å². The highest BCUT2D eigenvalue weighted by Gasteiger charge is 2.06. The average Bonchev–Trinajstić information content (AvgIpc) is 2.54. The number of hydrogen-bond donors (Lipinski definition) is 1. The van der Waals surface area contributed by atoms with Gasteiger partial charge >= 0.3 is 0 Å². The fourth-order valence-corrected chi connectivity index (χ4v) is 2.09. The summed E-state index contributed by atoms with van der Waals surface area (Å²) in [5, 5.41) is 3.37. The van der Waals surface area contributed by atoms with Gasteiger partial charge in [0.15, 0.2) is 11.5 Å². The van der Waals surface area contributed by atoms with Gasteiger partial charge in [-0.2, -0.15) is 0 Å². The Bertz CT molecular complexity index is 584. The fourth-order valence-electron chi connectivity index (χ4n) is 2.09. The van der Waals surface area contributed by atoms with Gasteiger partial charge in [-0.15, -0.1) is 0 Å². The molecule has 0 aliphatic carbocycles.